The molecule has 1 rings (SSSR count). The summed E-state index contributed by atoms with van der Waals surface area (Å²) in [7, 11) is 3.68. The van der Waals surface area contributed by atoms with Crippen LogP contribution in [0.3, 0.4) is 0 Å². The number of rotatable bonds is 28. The van der Waals surface area contributed by atoms with E-state index >= 15 is 0 Å². The van der Waals surface area contributed by atoms with Gasteiger partial charge in [0, 0.05) is 37.1 Å². The summed E-state index contributed by atoms with van der Waals surface area (Å²) in [5.41, 5.74) is 2.20. The van der Waals surface area contributed by atoms with Crippen molar-refractivity contribution in [3.8, 4) is 0 Å². The molecule has 9 heteroatoms. The predicted octanol–water partition coefficient (Wildman–Crippen LogP) is 9.97. The fourth-order valence-corrected chi connectivity index (χ4v) is 6.52. The number of allylic oxidation sites excluding steroid dienone is 12. The maximum absolute atomic E-state index is 12.1. The average Bonchev–Trinajstić information content (AvgIpc) is 3.14. The second-order valence-electron chi connectivity index (χ2n) is 13.5. The lowest BCUT2D eigenvalue weighted by Crippen LogP contribution is -2.39. The predicted molar refractivity (Wildman–Crippen MR) is 237 cm³/mol. The molecular formula is C45H71N3O4S2. The number of hydrogen-bond acceptors (Lipinski definition) is 6. The Bertz CT molecular complexity index is 1280. The van der Waals surface area contributed by atoms with Crippen molar-refractivity contribution in [2.45, 2.75) is 117 Å². The minimum absolute atomic E-state index is 0.0382. The third-order valence-electron chi connectivity index (χ3n) is 7.50. The van der Waals surface area contributed by atoms with Crippen LogP contribution in [-0.2, 0) is 20.8 Å². The molecule has 0 aliphatic carbocycles. The van der Waals surface area contributed by atoms with Crippen LogP contribution < -0.4 is 16.0 Å². The average molecular weight is 782 g/mol. The lowest BCUT2D eigenvalue weighted by atomic mass is 9.96. The number of aliphatic hydroxyl groups excluding tert-OH is 1. The van der Waals surface area contributed by atoms with E-state index in [0.29, 0.717) is 30.6 Å². The lowest BCUT2D eigenvalue weighted by molar-refractivity contribution is -0.126. The number of benzene rings is 1. The van der Waals surface area contributed by atoms with Crippen LogP contribution in [0, 0.1) is 5.92 Å². The monoisotopic (exact) mass is 781 g/mol. The van der Waals surface area contributed by atoms with E-state index < -0.39 is 0 Å². The normalized spacial score (nSPS) is 12.5. The molecule has 0 heterocycles. The molecule has 4 N–H and O–H groups in total. The van der Waals surface area contributed by atoms with Crippen LogP contribution in [0.4, 0.5) is 0 Å². The zero-order chi connectivity index (χ0) is 40.1. The zero-order valence-corrected chi connectivity index (χ0v) is 35.7. The molecule has 7 nitrogen and oxygen atoms in total. The van der Waals surface area contributed by atoms with E-state index in [1.807, 2.05) is 40.6 Å². The van der Waals surface area contributed by atoms with Gasteiger partial charge in [0.05, 0.1) is 12.5 Å². The van der Waals surface area contributed by atoms with Crippen LogP contribution in [0.25, 0.3) is 0 Å². The van der Waals surface area contributed by atoms with Gasteiger partial charge in [-0.25, -0.2) is 0 Å². The van der Waals surface area contributed by atoms with E-state index in [1.54, 1.807) is 0 Å². The molecule has 0 spiro atoms. The van der Waals surface area contributed by atoms with Crippen molar-refractivity contribution in [1.82, 2.24) is 16.0 Å². The van der Waals surface area contributed by atoms with Gasteiger partial charge >= 0.3 is 0 Å². The Morgan fingerprint density at radius 2 is 1.20 bits per heavy atom. The molecular weight excluding hydrogens is 711 g/mol. The summed E-state index contributed by atoms with van der Waals surface area (Å²) in [6, 6.07) is 8.06. The Hall–Kier alpha value is -3.27. The van der Waals surface area contributed by atoms with E-state index in [2.05, 4.69) is 136 Å². The molecule has 1 aromatic carbocycles. The lowest BCUT2D eigenvalue weighted by Gasteiger charge is -2.13. The minimum Gasteiger partial charge on any atom is -0.396 e. The quantitative estimate of drug-likeness (QED) is 0.0383. The summed E-state index contributed by atoms with van der Waals surface area (Å²) in [6.45, 7) is 13.9. The standard InChI is InChI=1S/C27H43NOS2.C18H28N2O3/c1-4-5-6-7-8-9-10-11-12-13-14-15-16-17-18-19-20-21-22-23-27(29)28-24-25-30-31-26(2)3;1-13(2)11-15-5-7-16(8-6-15)14(3)18(23)20-12-17(22)19-9-4-10-21/h5-6,8-9,11-12,14-15,17-18,20-21,26H,4,7,10,13,16,19,22-25H2,1-3H3,(H,28,29);5-8,13-14,21H,4,9-12H2,1-3H3,(H,19,22)(H,20,23)/b6-5-,9-8-,12-11-,15-14-,18-17-,21-20-;. The Balaban J connectivity index is 0.00000108. The Labute approximate surface area is 336 Å². The fraction of sp³-hybridized carbons (Fsp3) is 0.533. The number of amides is 3. The zero-order valence-electron chi connectivity index (χ0n) is 34.1. The van der Waals surface area contributed by atoms with E-state index in [1.165, 1.54) is 5.56 Å². The summed E-state index contributed by atoms with van der Waals surface area (Å²) < 4.78 is 0. The van der Waals surface area contributed by atoms with Gasteiger partial charge in [0.15, 0.2) is 0 Å². The van der Waals surface area contributed by atoms with Crippen molar-refractivity contribution in [2.75, 3.05) is 32.0 Å². The summed E-state index contributed by atoms with van der Waals surface area (Å²) in [5.74, 6) is 1.01. The Kier molecular flexibility index (Phi) is 34.5. The number of aliphatic hydroxyl groups is 1. The van der Waals surface area contributed by atoms with Gasteiger partial charge in [-0.1, -0.05) is 153 Å². The van der Waals surface area contributed by atoms with Gasteiger partial charge < -0.3 is 21.1 Å². The van der Waals surface area contributed by atoms with Gasteiger partial charge in [0.1, 0.15) is 0 Å². The van der Waals surface area contributed by atoms with Crippen LogP contribution in [0.15, 0.2) is 97.2 Å². The number of carbonyl (C=O) groups excluding carboxylic acids is 3. The highest BCUT2D eigenvalue weighted by Crippen LogP contribution is 2.25. The SMILES string of the molecule is CC(C)Cc1ccc(C(C)C(=O)NCC(=O)NCCCO)cc1.CC/C=C\C/C=C\C/C=C\C/C=C\C/C=C\C/C=C\CCC(=O)NCCSSC(C)C. The molecule has 0 saturated heterocycles. The van der Waals surface area contributed by atoms with Crippen LogP contribution >= 0.6 is 21.6 Å². The molecule has 0 aliphatic heterocycles. The van der Waals surface area contributed by atoms with E-state index in [-0.39, 0.29) is 36.8 Å². The van der Waals surface area contributed by atoms with Gasteiger partial charge in [-0.2, -0.15) is 0 Å². The van der Waals surface area contributed by atoms with E-state index in [0.717, 1.165) is 69.2 Å². The summed E-state index contributed by atoms with van der Waals surface area (Å²) in [6.07, 6.45) is 35.3. The van der Waals surface area contributed by atoms with Crippen molar-refractivity contribution in [3.05, 3.63) is 108 Å². The first-order valence-electron chi connectivity index (χ1n) is 19.8. The van der Waals surface area contributed by atoms with Crippen molar-refractivity contribution in [3.63, 3.8) is 0 Å². The largest absolute Gasteiger partial charge is 0.396 e. The van der Waals surface area contributed by atoms with Crippen LogP contribution in [0.5, 0.6) is 0 Å². The van der Waals surface area contributed by atoms with Crippen molar-refractivity contribution < 1.29 is 19.5 Å². The van der Waals surface area contributed by atoms with Gasteiger partial charge in [0.25, 0.3) is 0 Å². The van der Waals surface area contributed by atoms with Crippen LogP contribution in [0.2, 0.25) is 0 Å². The molecule has 0 bridgehead atoms. The Morgan fingerprint density at radius 1 is 0.685 bits per heavy atom. The Morgan fingerprint density at radius 3 is 1.70 bits per heavy atom. The van der Waals surface area contributed by atoms with Crippen LogP contribution in [0.1, 0.15) is 116 Å². The molecule has 1 atom stereocenters. The summed E-state index contributed by atoms with van der Waals surface area (Å²) in [5, 5.41) is 17.5. The van der Waals surface area contributed by atoms with E-state index in [9.17, 15) is 14.4 Å². The highest BCUT2D eigenvalue weighted by Gasteiger charge is 2.16. The maximum atomic E-state index is 12.1. The fourth-order valence-electron chi connectivity index (χ4n) is 4.61. The van der Waals surface area contributed by atoms with Crippen molar-refractivity contribution in [1.29, 1.82) is 0 Å². The molecule has 54 heavy (non-hydrogen) atoms. The number of nitrogens with one attached hydrogen (secondary N) is 3. The first kappa shape index (κ1) is 50.7. The van der Waals surface area contributed by atoms with Gasteiger partial charge in [0.2, 0.25) is 17.7 Å². The second-order valence-corrected chi connectivity index (χ2v) is 16.5. The second kappa shape index (κ2) is 36.7. The van der Waals surface area contributed by atoms with Crippen molar-refractivity contribution >= 4 is 39.3 Å². The van der Waals surface area contributed by atoms with Gasteiger partial charge in [-0.3, -0.25) is 14.4 Å². The molecule has 0 aromatic heterocycles. The highest BCUT2D eigenvalue weighted by molar-refractivity contribution is 8.76. The molecule has 1 aromatic rings. The van der Waals surface area contributed by atoms with Gasteiger partial charge in [-0.15, -0.1) is 0 Å². The molecule has 302 valence electrons. The topological polar surface area (TPSA) is 108 Å². The smallest absolute Gasteiger partial charge is 0.239 e. The van der Waals surface area contributed by atoms with Gasteiger partial charge in [-0.05, 0) is 81.8 Å². The number of hydrogen-bond donors (Lipinski definition) is 4. The molecule has 0 fully saturated rings. The molecule has 0 saturated carbocycles. The molecule has 3 amide bonds. The summed E-state index contributed by atoms with van der Waals surface area (Å²) in [4.78, 5) is 35.4. The highest BCUT2D eigenvalue weighted by atomic mass is 33.1. The third kappa shape index (κ3) is 33.3. The van der Waals surface area contributed by atoms with E-state index in [4.69, 9.17) is 5.11 Å². The molecule has 0 radical (unpaired) electrons. The first-order valence-corrected chi connectivity index (χ1v) is 22.2. The molecule has 1 unspecified atom stereocenters. The third-order valence-corrected chi connectivity index (χ3v) is 10.5. The number of carbonyl (C=O) groups is 3. The first-order chi connectivity index (χ1) is 26.1. The van der Waals surface area contributed by atoms with Crippen LogP contribution in [-0.4, -0.2) is 60.1 Å². The maximum Gasteiger partial charge on any atom is 0.239 e. The van der Waals surface area contributed by atoms with Crippen molar-refractivity contribution in [2.24, 2.45) is 5.92 Å². The minimum atomic E-state index is -0.298. The summed E-state index contributed by atoms with van der Waals surface area (Å²) >= 11 is 0. The molecule has 0 aliphatic rings.